The fourth-order valence-electron chi connectivity index (χ4n) is 1.36. The molecule has 0 radical (unpaired) electrons. The summed E-state index contributed by atoms with van der Waals surface area (Å²) in [4.78, 5) is 11.4. The summed E-state index contributed by atoms with van der Waals surface area (Å²) in [5, 5.41) is 11.2. The molecule has 0 aliphatic carbocycles. The van der Waals surface area contributed by atoms with Crippen molar-refractivity contribution in [1.29, 1.82) is 5.26 Å². The van der Waals surface area contributed by atoms with Gasteiger partial charge in [-0.05, 0) is 0 Å². The summed E-state index contributed by atoms with van der Waals surface area (Å²) in [7, 11) is 0. The number of piperazine rings is 1. The van der Waals surface area contributed by atoms with Crippen LogP contribution in [-0.4, -0.2) is 48.6 Å². The maximum Gasteiger partial charge on any atom is 0.463 e. The van der Waals surface area contributed by atoms with Crippen molar-refractivity contribution in [3.63, 3.8) is 0 Å². The Hall–Kier alpha value is -1.43. The van der Waals surface area contributed by atoms with Crippen LogP contribution in [0.2, 0.25) is 0 Å². The quantitative estimate of drug-likeness (QED) is 0.696. The Bertz CT molecular complexity index is 348. The third-order valence-corrected chi connectivity index (χ3v) is 2.28. The van der Waals surface area contributed by atoms with Crippen LogP contribution in [0.15, 0.2) is 0 Å². The Kier molecular flexibility index (Phi) is 3.56. The van der Waals surface area contributed by atoms with Crippen molar-refractivity contribution in [2.45, 2.75) is 18.1 Å². The number of nitrogens with one attached hydrogen (secondary N) is 1. The van der Waals surface area contributed by atoms with Crippen LogP contribution in [0.3, 0.4) is 0 Å². The minimum absolute atomic E-state index is 0.0673. The van der Waals surface area contributed by atoms with Gasteiger partial charge in [-0.15, -0.1) is 0 Å². The van der Waals surface area contributed by atoms with Gasteiger partial charge in [-0.3, -0.25) is 4.79 Å². The fraction of sp³-hybridized carbons (Fsp3) is 0.750. The van der Waals surface area contributed by atoms with Crippen LogP contribution in [0.4, 0.5) is 22.0 Å². The van der Waals surface area contributed by atoms with E-state index in [4.69, 9.17) is 5.26 Å². The molecule has 1 amide bonds. The van der Waals surface area contributed by atoms with E-state index in [1.807, 2.05) is 0 Å². The molecule has 1 atom stereocenters. The number of alkyl halides is 5. The Labute approximate surface area is 93.0 Å². The Morgan fingerprint density at radius 2 is 1.94 bits per heavy atom. The summed E-state index contributed by atoms with van der Waals surface area (Å²) in [6.07, 6.45) is -5.95. The summed E-state index contributed by atoms with van der Waals surface area (Å²) in [6, 6.07) is 0.185. The summed E-state index contributed by atoms with van der Waals surface area (Å²) < 4.78 is 61.5. The highest BCUT2D eigenvalue weighted by Crippen LogP contribution is 2.37. The third kappa shape index (κ3) is 2.46. The number of nitriles is 1. The van der Waals surface area contributed by atoms with Gasteiger partial charge in [0.25, 0.3) is 0 Å². The molecule has 0 aromatic heterocycles. The highest BCUT2D eigenvalue weighted by Gasteiger charge is 2.65. The van der Waals surface area contributed by atoms with E-state index in [-0.39, 0.29) is 24.5 Å². The van der Waals surface area contributed by atoms with Crippen molar-refractivity contribution >= 4 is 5.91 Å². The molecular formula is C8H8F5N3O. The Morgan fingerprint density at radius 3 is 2.41 bits per heavy atom. The van der Waals surface area contributed by atoms with Gasteiger partial charge in [0.2, 0.25) is 0 Å². The predicted octanol–water partition coefficient (Wildman–Crippen LogP) is 0.508. The van der Waals surface area contributed by atoms with E-state index in [0.29, 0.717) is 0 Å². The van der Waals surface area contributed by atoms with Crippen molar-refractivity contribution in [2.75, 3.05) is 19.6 Å². The molecule has 1 unspecified atom stereocenters. The number of nitrogens with zero attached hydrogens (tertiary/aromatic N) is 2. The van der Waals surface area contributed by atoms with Crippen LogP contribution in [0.5, 0.6) is 0 Å². The second-order valence-electron chi connectivity index (χ2n) is 3.42. The van der Waals surface area contributed by atoms with Crippen LogP contribution in [0.1, 0.15) is 0 Å². The number of carbonyl (C=O) groups is 1. The highest BCUT2D eigenvalue weighted by molar-refractivity contribution is 5.85. The van der Waals surface area contributed by atoms with Crippen molar-refractivity contribution in [3.8, 4) is 6.07 Å². The first kappa shape index (κ1) is 13.6. The molecule has 0 aromatic rings. The van der Waals surface area contributed by atoms with Crippen LogP contribution < -0.4 is 5.32 Å². The van der Waals surface area contributed by atoms with E-state index in [1.54, 1.807) is 0 Å². The van der Waals surface area contributed by atoms with Gasteiger partial charge in [0, 0.05) is 19.6 Å². The maximum absolute atomic E-state index is 12.8. The molecule has 1 rings (SSSR count). The van der Waals surface area contributed by atoms with E-state index in [1.165, 1.54) is 6.07 Å². The minimum atomic E-state index is -5.95. The average molecular weight is 257 g/mol. The molecule has 4 nitrogen and oxygen atoms in total. The van der Waals surface area contributed by atoms with E-state index < -0.39 is 24.0 Å². The number of hydrogen-bond acceptors (Lipinski definition) is 3. The summed E-state index contributed by atoms with van der Waals surface area (Å²) in [5.41, 5.74) is 0. The summed E-state index contributed by atoms with van der Waals surface area (Å²) in [6.45, 7) is -0.420. The van der Waals surface area contributed by atoms with Crippen molar-refractivity contribution in [1.82, 2.24) is 10.2 Å². The lowest BCUT2D eigenvalue weighted by Gasteiger charge is -2.34. The average Bonchev–Trinajstić information content (AvgIpc) is 2.26. The van der Waals surface area contributed by atoms with E-state index >= 15 is 0 Å². The van der Waals surface area contributed by atoms with Gasteiger partial charge in [0.1, 0.15) is 6.04 Å². The second kappa shape index (κ2) is 4.44. The summed E-state index contributed by atoms with van der Waals surface area (Å²) >= 11 is 0. The Balaban J connectivity index is 2.92. The molecule has 0 bridgehead atoms. The standard InChI is InChI=1S/C8H8F5N3O/c9-7(10,8(11,12)13)6(17)16-2-1-15-4-5(16)3-14/h5,15H,1-2,4H2. The lowest BCUT2D eigenvalue weighted by Crippen LogP contribution is -2.60. The normalized spacial score (nSPS) is 22.1. The molecule has 0 saturated carbocycles. The predicted molar refractivity (Wildman–Crippen MR) is 45.0 cm³/mol. The highest BCUT2D eigenvalue weighted by atomic mass is 19.4. The largest absolute Gasteiger partial charge is 0.463 e. The van der Waals surface area contributed by atoms with E-state index in [9.17, 15) is 26.7 Å². The fourth-order valence-corrected chi connectivity index (χ4v) is 1.36. The number of halogens is 5. The molecule has 1 fully saturated rings. The Morgan fingerprint density at radius 1 is 1.35 bits per heavy atom. The molecule has 1 N–H and O–H groups in total. The van der Waals surface area contributed by atoms with Crippen LogP contribution in [-0.2, 0) is 4.79 Å². The van der Waals surface area contributed by atoms with Gasteiger partial charge >= 0.3 is 18.0 Å². The molecule has 9 heteroatoms. The van der Waals surface area contributed by atoms with E-state index in [2.05, 4.69) is 5.32 Å². The number of amides is 1. The van der Waals surface area contributed by atoms with Crippen molar-refractivity contribution in [2.24, 2.45) is 0 Å². The molecule has 1 heterocycles. The zero-order valence-corrected chi connectivity index (χ0v) is 8.39. The van der Waals surface area contributed by atoms with Crippen LogP contribution in [0, 0.1) is 11.3 Å². The maximum atomic E-state index is 12.8. The monoisotopic (exact) mass is 257 g/mol. The van der Waals surface area contributed by atoms with Crippen LogP contribution >= 0.6 is 0 Å². The van der Waals surface area contributed by atoms with Gasteiger partial charge < -0.3 is 10.2 Å². The zero-order valence-electron chi connectivity index (χ0n) is 8.39. The number of rotatable bonds is 1. The number of hydrogen-bond donors (Lipinski definition) is 1. The SMILES string of the molecule is N#CC1CNCCN1C(=O)C(F)(F)C(F)(F)F. The first-order chi connectivity index (χ1) is 7.71. The van der Waals surface area contributed by atoms with Gasteiger partial charge in [0.05, 0.1) is 6.07 Å². The molecule has 96 valence electrons. The molecule has 0 spiro atoms. The summed E-state index contributed by atoms with van der Waals surface area (Å²) in [5.74, 6) is -7.84. The van der Waals surface area contributed by atoms with Gasteiger partial charge in [0.15, 0.2) is 0 Å². The van der Waals surface area contributed by atoms with Gasteiger partial charge in [-0.1, -0.05) is 0 Å². The molecule has 1 aliphatic heterocycles. The van der Waals surface area contributed by atoms with Gasteiger partial charge in [-0.2, -0.15) is 27.2 Å². The first-order valence-electron chi connectivity index (χ1n) is 4.57. The molecular weight excluding hydrogens is 249 g/mol. The first-order valence-corrected chi connectivity index (χ1v) is 4.57. The van der Waals surface area contributed by atoms with Crippen molar-refractivity contribution in [3.05, 3.63) is 0 Å². The second-order valence-corrected chi connectivity index (χ2v) is 3.42. The molecule has 1 saturated heterocycles. The number of carbonyl (C=O) groups excluding carboxylic acids is 1. The van der Waals surface area contributed by atoms with Crippen molar-refractivity contribution < 1.29 is 26.7 Å². The smallest absolute Gasteiger partial charge is 0.319 e. The van der Waals surface area contributed by atoms with Gasteiger partial charge in [-0.25, -0.2) is 0 Å². The zero-order chi connectivity index (χ0) is 13.3. The lowest BCUT2D eigenvalue weighted by molar-refractivity contribution is -0.275. The topological polar surface area (TPSA) is 56.1 Å². The third-order valence-electron chi connectivity index (χ3n) is 2.28. The lowest BCUT2D eigenvalue weighted by atomic mass is 10.1. The minimum Gasteiger partial charge on any atom is -0.319 e. The van der Waals surface area contributed by atoms with E-state index in [0.717, 1.165) is 0 Å². The molecule has 1 aliphatic rings. The molecule has 17 heavy (non-hydrogen) atoms. The van der Waals surface area contributed by atoms with Crippen LogP contribution in [0.25, 0.3) is 0 Å². The molecule has 0 aromatic carbocycles.